The molecule has 0 radical (unpaired) electrons. The molecule has 0 N–H and O–H groups in total. The van der Waals surface area contributed by atoms with Crippen LogP contribution in [0.5, 0.6) is 0 Å². The number of carbonyl (C=O) groups excluding carboxylic acids is 1. The molecule has 0 fully saturated rings. The Bertz CT molecular complexity index is 787. The van der Waals surface area contributed by atoms with Crippen molar-refractivity contribution in [3.8, 4) is 0 Å². The van der Waals surface area contributed by atoms with Crippen LogP contribution in [0.3, 0.4) is 0 Å². The molecule has 0 aliphatic heterocycles. The normalized spacial score (nSPS) is 11.0. The van der Waals surface area contributed by atoms with Crippen molar-refractivity contribution in [3.63, 3.8) is 0 Å². The van der Waals surface area contributed by atoms with E-state index in [0.717, 1.165) is 27.3 Å². The van der Waals surface area contributed by atoms with E-state index < -0.39 is 0 Å². The molecule has 108 valence electrons. The van der Waals surface area contributed by atoms with Gasteiger partial charge in [-0.1, -0.05) is 30.3 Å². The number of thiophene rings is 1. The second-order valence-electron chi connectivity index (χ2n) is 5.26. The molecule has 0 saturated heterocycles. The highest BCUT2D eigenvalue weighted by Gasteiger charge is 2.17. The topological polar surface area (TPSA) is 38.1 Å². The summed E-state index contributed by atoms with van der Waals surface area (Å²) in [6.07, 6.45) is 0. The van der Waals surface area contributed by atoms with Gasteiger partial charge in [0.1, 0.15) is 4.83 Å². The average Bonchev–Trinajstić information content (AvgIpc) is 3.01. The summed E-state index contributed by atoms with van der Waals surface area (Å²) in [5.41, 5.74) is 2.17. The van der Waals surface area contributed by atoms with E-state index in [1.807, 2.05) is 35.9 Å². The quantitative estimate of drug-likeness (QED) is 0.745. The molecule has 4 nitrogen and oxygen atoms in total. The average molecular weight is 299 g/mol. The number of benzene rings is 1. The predicted octanol–water partition coefficient (Wildman–Crippen LogP) is 3.16. The lowest BCUT2D eigenvalue weighted by atomic mass is 10.2. The lowest BCUT2D eigenvalue weighted by Crippen LogP contribution is -2.20. The molecule has 0 atom stereocenters. The molecule has 2 heterocycles. The fourth-order valence-corrected chi connectivity index (χ4v) is 3.48. The zero-order valence-electron chi connectivity index (χ0n) is 12.3. The summed E-state index contributed by atoms with van der Waals surface area (Å²) in [5.74, 6) is 0.0434. The van der Waals surface area contributed by atoms with E-state index in [9.17, 15) is 4.79 Å². The van der Waals surface area contributed by atoms with Gasteiger partial charge in [-0.25, -0.2) is 0 Å². The molecule has 0 aliphatic rings. The van der Waals surface area contributed by atoms with Crippen LogP contribution < -0.4 is 0 Å². The van der Waals surface area contributed by atoms with Gasteiger partial charge in [0.2, 0.25) is 0 Å². The lowest BCUT2D eigenvalue weighted by Gasteiger charge is -2.07. The van der Waals surface area contributed by atoms with E-state index in [2.05, 4.69) is 17.2 Å². The van der Waals surface area contributed by atoms with Crippen LogP contribution in [0.2, 0.25) is 0 Å². The van der Waals surface area contributed by atoms with Gasteiger partial charge in [-0.3, -0.25) is 9.48 Å². The van der Waals surface area contributed by atoms with Gasteiger partial charge in [0, 0.05) is 19.5 Å². The lowest BCUT2D eigenvalue weighted by molar-refractivity contribution is 0.0832. The van der Waals surface area contributed by atoms with Gasteiger partial charge in [0.25, 0.3) is 5.91 Å². The third kappa shape index (κ3) is 2.56. The minimum atomic E-state index is 0.0434. The zero-order valence-corrected chi connectivity index (χ0v) is 13.1. The number of carbonyl (C=O) groups is 1. The first-order chi connectivity index (χ1) is 10.1. The fourth-order valence-electron chi connectivity index (χ4n) is 2.30. The first kappa shape index (κ1) is 13.8. The molecule has 0 bridgehead atoms. The number of aromatic nitrogens is 2. The third-order valence-electron chi connectivity index (χ3n) is 3.40. The molecule has 0 aliphatic carbocycles. The van der Waals surface area contributed by atoms with Crippen LogP contribution in [0, 0.1) is 6.92 Å². The van der Waals surface area contributed by atoms with Gasteiger partial charge >= 0.3 is 0 Å². The fraction of sp³-hybridized carbons (Fsp3) is 0.250. The molecular weight excluding hydrogens is 282 g/mol. The van der Waals surface area contributed by atoms with E-state index in [1.54, 1.807) is 19.0 Å². The van der Waals surface area contributed by atoms with Crippen LogP contribution in [-0.4, -0.2) is 34.7 Å². The van der Waals surface area contributed by atoms with Crippen molar-refractivity contribution in [1.29, 1.82) is 0 Å². The molecule has 21 heavy (non-hydrogen) atoms. The first-order valence-corrected chi connectivity index (χ1v) is 7.60. The number of rotatable bonds is 3. The van der Waals surface area contributed by atoms with Crippen molar-refractivity contribution in [2.75, 3.05) is 14.1 Å². The molecule has 0 unspecified atom stereocenters. The van der Waals surface area contributed by atoms with Gasteiger partial charge in [-0.05, 0) is 18.6 Å². The maximum absolute atomic E-state index is 12.1. The van der Waals surface area contributed by atoms with Crippen LogP contribution in [-0.2, 0) is 6.54 Å². The summed E-state index contributed by atoms with van der Waals surface area (Å²) in [7, 11) is 3.55. The van der Waals surface area contributed by atoms with E-state index >= 15 is 0 Å². The summed E-state index contributed by atoms with van der Waals surface area (Å²) in [6.45, 7) is 2.71. The van der Waals surface area contributed by atoms with Crippen molar-refractivity contribution < 1.29 is 4.79 Å². The molecule has 0 saturated carbocycles. The Morgan fingerprint density at radius 3 is 2.67 bits per heavy atom. The monoisotopic (exact) mass is 299 g/mol. The van der Waals surface area contributed by atoms with Crippen LogP contribution in [0.15, 0.2) is 36.4 Å². The molecule has 5 heteroatoms. The van der Waals surface area contributed by atoms with E-state index in [1.165, 1.54) is 16.9 Å². The Hall–Kier alpha value is -2.14. The number of nitrogens with zero attached hydrogens (tertiary/aromatic N) is 3. The van der Waals surface area contributed by atoms with Gasteiger partial charge in [-0.15, -0.1) is 11.3 Å². The first-order valence-electron chi connectivity index (χ1n) is 6.79. The van der Waals surface area contributed by atoms with Crippen molar-refractivity contribution in [2.24, 2.45) is 0 Å². The molecule has 2 aromatic heterocycles. The maximum Gasteiger partial charge on any atom is 0.263 e. The molecule has 0 spiro atoms. The van der Waals surface area contributed by atoms with Gasteiger partial charge in [-0.2, -0.15) is 5.10 Å². The standard InChI is InChI=1S/C16H17N3OS/c1-11-13-9-14(15(20)18(2)3)21-16(13)19(17-11)10-12-7-5-4-6-8-12/h4-9H,10H2,1-3H3. The minimum Gasteiger partial charge on any atom is -0.344 e. The Morgan fingerprint density at radius 2 is 2.00 bits per heavy atom. The largest absolute Gasteiger partial charge is 0.344 e. The molecule has 3 rings (SSSR count). The molecular formula is C16H17N3OS. The molecule has 1 amide bonds. The minimum absolute atomic E-state index is 0.0434. The molecule has 1 aromatic carbocycles. The van der Waals surface area contributed by atoms with E-state index in [-0.39, 0.29) is 5.91 Å². The van der Waals surface area contributed by atoms with Gasteiger partial charge in [0.15, 0.2) is 0 Å². The highest BCUT2D eigenvalue weighted by molar-refractivity contribution is 7.20. The Kier molecular flexibility index (Phi) is 3.51. The van der Waals surface area contributed by atoms with Crippen molar-refractivity contribution >= 4 is 27.5 Å². The van der Waals surface area contributed by atoms with Crippen LogP contribution in [0.1, 0.15) is 20.9 Å². The second kappa shape index (κ2) is 5.33. The number of amides is 1. The number of hydrogen-bond donors (Lipinski definition) is 0. The summed E-state index contributed by atoms with van der Waals surface area (Å²) < 4.78 is 1.98. The SMILES string of the molecule is Cc1nn(Cc2ccccc2)c2sc(C(=O)N(C)C)cc12. The predicted molar refractivity (Wildman–Crippen MR) is 85.9 cm³/mol. The highest BCUT2D eigenvalue weighted by atomic mass is 32.1. The van der Waals surface area contributed by atoms with Crippen LogP contribution in [0.4, 0.5) is 0 Å². The van der Waals surface area contributed by atoms with Gasteiger partial charge in [0.05, 0.1) is 17.1 Å². The summed E-state index contributed by atoms with van der Waals surface area (Å²) in [4.78, 5) is 15.5. The number of hydrogen-bond acceptors (Lipinski definition) is 3. The van der Waals surface area contributed by atoms with E-state index in [0.29, 0.717) is 0 Å². The van der Waals surface area contributed by atoms with Crippen LogP contribution >= 0.6 is 11.3 Å². The summed E-state index contributed by atoms with van der Waals surface area (Å²) in [6, 6.07) is 12.2. The van der Waals surface area contributed by atoms with Crippen molar-refractivity contribution in [1.82, 2.24) is 14.7 Å². The Balaban J connectivity index is 2.02. The highest BCUT2D eigenvalue weighted by Crippen LogP contribution is 2.29. The summed E-state index contributed by atoms with van der Waals surface area (Å²) in [5, 5.41) is 5.66. The van der Waals surface area contributed by atoms with Crippen molar-refractivity contribution in [3.05, 3.63) is 52.5 Å². The Labute approximate surface area is 127 Å². The van der Waals surface area contributed by atoms with Crippen molar-refractivity contribution in [2.45, 2.75) is 13.5 Å². The Morgan fingerprint density at radius 1 is 1.29 bits per heavy atom. The van der Waals surface area contributed by atoms with E-state index in [4.69, 9.17) is 0 Å². The van der Waals surface area contributed by atoms with Gasteiger partial charge < -0.3 is 4.90 Å². The zero-order chi connectivity index (χ0) is 15.0. The number of aryl methyl sites for hydroxylation is 1. The third-order valence-corrected chi connectivity index (χ3v) is 4.54. The smallest absolute Gasteiger partial charge is 0.263 e. The molecule has 3 aromatic rings. The summed E-state index contributed by atoms with van der Waals surface area (Å²) >= 11 is 1.51. The second-order valence-corrected chi connectivity index (χ2v) is 6.29. The number of fused-ring (bicyclic) bond motifs is 1. The maximum atomic E-state index is 12.1. The van der Waals surface area contributed by atoms with Crippen LogP contribution in [0.25, 0.3) is 10.2 Å².